The van der Waals surface area contributed by atoms with Crippen molar-refractivity contribution >= 4 is 11.9 Å². The van der Waals surface area contributed by atoms with E-state index in [4.69, 9.17) is 14.2 Å². The summed E-state index contributed by atoms with van der Waals surface area (Å²) in [6.45, 7) is 14.7. The van der Waals surface area contributed by atoms with Crippen molar-refractivity contribution in [1.82, 2.24) is 10.2 Å². The summed E-state index contributed by atoms with van der Waals surface area (Å²) in [5.74, 6) is 0.129. The second kappa shape index (κ2) is 46.5. The van der Waals surface area contributed by atoms with E-state index in [1.54, 1.807) is 0 Å². The maximum Gasteiger partial charge on any atom is 0.305 e. The van der Waals surface area contributed by atoms with Gasteiger partial charge in [-0.25, -0.2) is 0 Å². The Labute approximate surface area is 351 Å². The first-order chi connectivity index (χ1) is 27.6. The smallest absolute Gasteiger partial charge is 0.305 e. The van der Waals surface area contributed by atoms with Crippen molar-refractivity contribution in [3.05, 3.63) is 0 Å². The minimum Gasteiger partial charge on any atom is -0.466 e. The van der Waals surface area contributed by atoms with Crippen LogP contribution in [0.25, 0.3) is 0 Å². The minimum atomic E-state index is -0.0170. The highest BCUT2D eigenvalue weighted by molar-refractivity contribution is 5.75. The molecule has 1 amide bonds. The predicted octanol–water partition coefficient (Wildman–Crippen LogP) is 14.3. The fourth-order valence-corrected chi connectivity index (χ4v) is 7.51. The molecule has 0 aromatic rings. The summed E-state index contributed by atoms with van der Waals surface area (Å²) < 4.78 is 17.7. The Bertz CT molecular complexity index is 788. The van der Waals surface area contributed by atoms with Gasteiger partial charge in [0.15, 0.2) is 0 Å². The number of rotatable bonds is 47. The molecule has 0 spiro atoms. The summed E-state index contributed by atoms with van der Waals surface area (Å²) in [5.41, 5.74) is 0. The van der Waals surface area contributed by atoms with Crippen molar-refractivity contribution in [2.75, 3.05) is 46.2 Å². The predicted molar refractivity (Wildman–Crippen MR) is 243 cm³/mol. The van der Waals surface area contributed by atoms with Gasteiger partial charge in [0.1, 0.15) is 6.79 Å². The Morgan fingerprint density at radius 2 is 0.929 bits per heavy atom. The molecule has 0 aliphatic rings. The van der Waals surface area contributed by atoms with Crippen LogP contribution in [0.4, 0.5) is 0 Å². The van der Waals surface area contributed by atoms with Gasteiger partial charge in [-0.3, -0.25) is 9.59 Å². The Morgan fingerprint density at radius 1 is 0.500 bits per heavy atom. The van der Waals surface area contributed by atoms with Crippen molar-refractivity contribution in [3.63, 3.8) is 0 Å². The zero-order valence-electron chi connectivity index (χ0n) is 38.3. The molecule has 0 atom stereocenters. The van der Waals surface area contributed by atoms with E-state index >= 15 is 0 Å². The molecule has 7 nitrogen and oxygen atoms in total. The van der Waals surface area contributed by atoms with Crippen molar-refractivity contribution in [2.45, 2.75) is 259 Å². The summed E-state index contributed by atoms with van der Waals surface area (Å²) in [5, 5.41) is 3.04. The number of nitrogens with one attached hydrogen (secondary N) is 1. The first kappa shape index (κ1) is 54.8. The number of hydrogen-bond acceptors (Lipinski definition) is 6. The largest absolute Gasteiger partial charge is 0.466 e. The maximum absolute atomic E-state index is 12.1. The van der Waals surface area contributed by atoms with Crippen LogP contribution in [0.1, 0.15) is 254 Å². The Kier molecular flexibility index (Phi) is 45.5. The lowest BCUT2D eigenvalue weighted by Gasteiger charge is -2.22. The number of hydrogen-bond donors (Lipinski definition) is 1. The molecule has 0 heterocycles. The highest BCUT2D eigenvalue weighted by Gasteiger charge is 2.10. The van der Waals surface area contributed by atoms with Gasteiger partial charge in [-0.05, 0) is 71.0 Å². The van der Waals surface area contributed by atoms with Crippen molar-refractivity contribution in [3.8, 4) is 0 Å². The monoisotopic (exact) mass is 797 g/mol. The number of carbonyl (C=O) groups excluding carboxylic acids is 2. The highest BCUT2D eigenvalue weighted by Crippen LogP contribution is 2.17. The molecule has 0 saturated carbocycles. The number of nitrogens with zero attached hydrogens (tertiary/aromatic N) is 1. The molecule has 0 fully saturated rings. The first-order valence-corrected chi connectivity index (χ1v) is 24.9. The number of ether oxygens (including phenoxy) is 3. The van der Waals surface area contributed by atoms with E-state index < -0.39 is 0 Å². The summed E-state index contributed by atoms with van der Waals surface area (Å²) >= 11 is 0. The average molecular weight is 797 g/mol. The van der Waals surface area contributed by atoms with Crippen LogP contribution in [0.2, 0.25) is 0 Å². The standard InChI is InChI=1S/C49H98N2O5.H2/c1-5-9-12-15-19-28-35-45-55-49(53)39-31-24-21-26-33-42-51(43-36-40-50-48(52)8-4)41-32-25-18-20-27-34-44-54-46-56-47(37-29-22-16-13-10-6-2)38-30-23-17-14-11-7-3;/h47H,5-46H2,1-4H3,(H,50,52);1H. The lowest BCUT2D eigenvalue weighted by Crippen LogP contribution is -2.31. The summed E-state index contributed by atoms with van der Waals surface area (Å²) in [6.07, 6.45) is 42.8. The third-order valence-corrected chi connectivity index (χ3v) is 11.3. The van der Waals surface area contributed by atoms with Crippen LogP contribution >= 0.6 is 0 Å². The molecule has 56 heavy (non-hydrogen) atoms. The van der Waals surface area contributed by atoms with E-state index in [-0.39, 0.29) is 13.3 Å². The zero-order chi connectivity index (χ0) is 40.8. The van der Waals surface area contributed by atoms with Gasteiger partial charge in [-0.15, -0.1) is 0 Å². The number of amides is 1. The van der Waals surface area contributed by atoms with Gasteiger partial charge in [0.2, 0.25) is 5.91 Å². The third-order valence-electron chi connectivity index (χ3n) is 11.3. The van der Waals surface area contributed by atoms with Crippen molar-refractivity contribution in [2.24, 2.45) is 0 Å². The van der Waals surface area contributed by atoms with Crippen LogP contribution in [0.5, 0.6) is 0 Å². The number of carbonyl (C=O) groups is 2. The quantitative estimate of drug-likeness (QED) is 0.0375. The van der Waals surface area contributed by atoms with Crippen LogP contribution in [0.3, 0.4) is 0 Å². The molecule has 0 bridgehead atoms. The van der Waals surface area contributed by atoms with E-state index in [2.05, 4.69) is 31.0 Å². The van der Waals surface area contributed by atoms with E-state index in [0.29, 0.717) is 32.3 Å². The highest BCUT2D eigenvalue weighted by atomic mass is 16.7. The van der Waals surface area contributed by atoms with Crippen molar-refractivity contribution in [1.29, 1.82) is 0 Å². The second-order valence-electron chi connectivity index (χ2n) is 16.8. The summed E-state index contributed by atoms with van der Waals surface area (Å²) in [6, 6.07) is 0. The molecule has 7 heteroatoms. The lowest BCUT2D eigenvalue weighted by atomic mass is 10.0. The first-order valence-electron chi connectivity index (χ1n) is 24.9. The molecule has 0 aromatic carbocycles. The second-order valence-corrected chi connectivity index (χ2v) is 16.8. The van der Waals surface area contributed by atoms with Crippen LogP contribution < -0.4 is 5.32 Å². The normalized spacial score (nSPS) is 11.6. The molecule has 0 unspecified atom stereocenters. The zero-order valence-corrected chi connectivity index (χ0v) is 38.3. The fourth-order valence-electron chi connectivity index (χ4n) is 7.51. The van der Waals surface area contributed by atoms with Gasteiger partial charge >= 0.3 is 5.97 Å². The molecular formula is C49H100N2O5. The summed E-state index contributed by atoms with van der Waals surface area (Å²) in [7, 11) is 0. The molecule has 0 radical (unpaired) electrons. The minimum absolute atomic E-state index is 0. The van der Waals surface area contributed by atoms with Crippen LogP contribution in [0.15, 0.2) is 0 Å². The van der Waals surface area contributed by atoms with Crippen LogP contribution in [0, 0.1) is 0 Å². The van der Waals surface area contributed by atoms with Crippen LogP contribution in [-0.2, 0) is 23.8 Å². The molecule has 336 valence electrons. The Morgan fingerprint density at radius 3 is 1.45 bits per heavy atom. The van der Waals surface area contributed by atoms with E-state index in [0.717, 1.165) is 64.9 Å². The SMILES string of the molecule is CCCCCCCCCOC(=O)CCCCCCCN(CCCCCCCCOCOC(CCCCCCCC)CCCCCCCC)CCCNC(=O)CC.[HH]. The third kappa shape index (κ3) is 42.4. The van der Waals surface area contributed by atoms with Gasteiger partial charge in [0, 0.05) is 27.4 Å². The van der Waals surface area contributed by atoms with Gasteiger partial charge < -0.3 is 24.4 Å². The van der Waals surface area contributed by atoms with Gasteiger partial charge in [-0.2, -0.15) is 0 Å². The molecule has 0 aliphatic carbocycles. The van der Waals surface area contributed by atoms with Gasteiger partial charge in [-0.1, -0.05) is 188 Å². The Balaban J connectivity index is 0. The van der Waals surface area contributed by atoms with E-state index in [1.165, 1.54) is 180 Å². The lowest BCUT2D eigenvalue weighted by molar-refractivity contribution is -0.143. The molecule has 1 N–H and O–H groups in total. The van der Waals surface area contributed by atoms with Gasteiger partial charge in [0.25, 0.3) is 0 Å². The molecule has 0 aliphatic heterocycles. The topological polar surface area (TPSA) is 77.1 Å². The molecule has 0 aromatic heterocycles. The maximum atomic E-state index is 12.1. The number of unbranched alkanes of at least 4 members (excludes halogenated alkanes) is 25. The summed E-state index contributed by atoms with van der Waals surface area (Å²) in [4.78, 5) is 26.4. The molecule has 0 saturated heterocycles. The average Bonchev–Trinajstić information content (AvgIpc) is 3.20. The van der Waals surface area contributed by atoms with E-state index in [9.17, 15) is 9.59 Å². The number of esters is 1. The Hall–Kier alpha value is -1.18. The van der Waals surface area contributed by atoms with Crippen molar-refractivity contribution < 1.29 is 25.2 Å². The fraction of sp³-hybridized carbons (Fsp3) is 0.959. The van der Waals surface area contributed by atoms with E-state index in [1.807, 2.05) is 6.92 Å². The van der Waals surface area contributed by atoms with Gasteiger partial charge in [0.05, 0.1) is 12.7 Å². The molecular weight excluding hydrogens is 697 g/mol. The molecule has 0 rings (SSSR count). The van der Waals surface area contributed by atoms with Crippen LogP contribution in [-0.4, -0.2) is 69.1 Å².